The number of imidazole rings is 1. The van der Waals surface area contributed by atoms with Crippen molar-refractivity contribution < 1.29 is 18.0 Å². The molecular formula is C37H29F3N4O. The number of piperidine rings is 1. The van der Waals surface area contributed by atoms with Gasteiger partial charge in [-0.1, -0.05) is 78.9 Å². The first kappa shape index (κ1) is 27.4. The van der Waals surface area contributed by atoms with Crippen LogP contribution in [0.5, 0.6) is 0 Å². The first-order chi connectivity index (χ1) is 21.8. The van der Waals surface area contributed by atoms with Gasteiger partial charge in [-0.05, 0) is 75.7 Å². The van der Waals surface area contributed by atoms with Gasteiger partial charge >= 0.3 is 6.18 Å². The van der Waals surface area contributed by atoms with E-state index >= 15 is 0 Å². The number of aromatic nitrogens is 2. The quantitative estimate of drug-likeness (QED) is 0.221. The van der Waals surface area contributed by atoms with Gasteiger partial charge in [0, 0.05) is 36.9 Å². The van der Waals surface area contributed by atoms with Crippen molar-refractivity contribution >= 4 is 28.0 Å². The van der Waals surface area contributed by atoms with Crippen LogP contribution in [-0.4, -0.2) is 39.8 Å². The molecule has 4 heterocycles. The second-order valence-electron chi connectivity index (χ2n) is 12.1. The van der Waals surface area contributed by atoms with Gasteiger partial charge in [0.2, 0.25) is 0 Å². The van der Waals surface area contributed by atoms with Crippen molar-refractivity contribution in [1.29, 1.82) is 0 Å². The van der Waals surface area contributed by atoms with Crippen molar-refractivity contribution in [3.63, 3.8) is 0 Å². The molecule has 1 amide bonds. The summed E-state index contributed by atoms with van der Waals surface area (Å²) >= 11 is 0. The van der Waals surface area contributed by atoms with Gasteiger partial charge in [0.05, 0.1) is 0 Å². The van der Waals surface area contributed by atoms with Crippen LogP contribution < -0.4 is 5.32 Å². The SMILES string of the molecule is O=C(c1cn2c(C(F)(F)F)cccc2n1)N1CCC2(CC1)CNc1ccc(-c3ccc(-c4cccc5ccccc45)cc3)cc12. The molecule has 8 heteroatoms. The Labute approximate surface area is 257 Å². The van der Waals surface area contributed by atoms with E-state index in [4.69, 9.17) is 0 Å². The normalized spacial score (nSPS) is 15.8. The third kappa shape index (κ3) is 4.63. The zero-order valence-corrected chi connectivity index (χ0v) is 24.3. The number of fused-ring (bicyclic) bond motifs is 4. The number of hydrogen-bond donors (Lipinski definition) is 1. The highest BCUT2D eigenvalue weighted by Crippen LogP contribution is 2.46. The molecule has 2 aliphatic rings. The molecule has 6 aromatic rings. The fourth-order valence-electron chi connectivity index (χ4n) is 7.09. The number of likely N-dealkylation sites (tertiary alicyclic amines) is 1. The van der Waals surface area contributed by atoms with Crippen LogP contribution in [0.15, 0.2) is 109 Å². The van der Waals surface area contributed by atoms with E-state index < -0.39 is 11.9 Å². The van der Waals surface area contributed by atoms with E-state index in [1.54, 1.807) is 4.90 Å². The van der Waals surface area contributed by atoms with Crippen molar-refractivity contribution in [2.24, 2.45) is 0 Å². The molecule has 0 radical (unpaired) electrons. The van der Waals surface area contributed by atoms with E-state index in [2.05, 4.69) is 95.2 Å². The average Bonchev–Trinajstić information content (AvgIpc) is 3.66. The first-order valence-corrected chi connectivity index (χ1v) is 15.1. The van der Waals surface area contributed by atoms with E-state index in [0.717, 1.165) is 46.7 Å². The van der Waals surface area contributed by atoms with Gasteiger partial charge in [-0.3, -0.25) is 9.20 Å². The molecule has 0 saturated carbocycles. The molecule has 0 atom stereocenters. The van der Waals surface area contributed by atoms with E-state index in [1.165, 1.54) is 45.8 Å². The Kier molecular flexibility index (Phi) is 6.24. The molecule has 0 unspecified atom stereocenters. The van der Waals surface area contributed by atoms with Gasteiger partial charge in [-0.25, -0.2) is 4.98 Å². The van der Waals surface area contributed by atoms with Gasteiger partial charge in [0.25, 0.3) is 5.91 Å². The molecule has 2 aliphatic heterocycles. The van der Waals surface area contributed by atoms with Crippen LogP contribution in [0.2, 0.25) is 0 Å². The van der Waals surface area contributed by atoms with Crippen LogP contribution in [0, 0.1) is 0 Å². The number of pyridine rings is 1. The van der Waals surface area contributed by atoms with Gasteiger partial charge in [-0.15, -0.1) is 0 Å². The number of benzene rings is 4. The summed E-state index contributed by atoms with van der Waals surface area (Å²) in [6.45, 7) is 1.80. The summed E-state index contributed by atoms with van der Waals surface area (Å²) in [4.78, 5) is 19.3. The van der Waals surface area contributed by atoms with E-state index in [0.29, 0.717) is 13.1 Å². The minimum absolute atomic E-state index is 0.0295. The molecule has 8 rings (SSSR count). The highest BCUT2D eigenvalue weighted by molar-refractivity contribution is 5.97. The van der Waals surface area contributed by atoms with E-state index in [-0.39, 0.29) is 22.7 Å². The molecular weight excluding hydrogens is 573 g/mol. The number of nitrogens with one attached hydrogen (secondary N) is 1. The summed E-state index contributed by atoms with van der Waals surface area (Å²) in [5.41, 5.74) is 6.21. The van der Waals surface area contributed by atoms with Gasteiger partial charge < -0.3 is 10.2 Å². The van der Waals surface area contributed by atoms with E-state index in [1.807, 2.05) is 0 Å². The Hall–Kier alpha value is -5.11. The van der Waals surface area contributed by atoms with Crippen molar-refractivity contribution in [3.8, 4) is 22.3 Å². The second-order valence-corrected chi connectivity index (χ2v) is 12.1. The largest absolute Gasteiger partial charge is 0.431 e. The Morgan fingerprint density at radius 3 is 2.31 bits per heavy atom. The first-order valence-electron chi connectivity index (χ1n) is 15.1. The lowest BCUT2D eigenvalue weighted by Crippen LogP contribution is -2.46. The van der Waals surface area contributed by atoms with Crippen molar-refractivity contribution in [2.45, 2.75) is 24.4 Å². The standard InChI is InChI=1S/C37H29F3N4O/c38-37(39,40)33-9-4-10-34-42-32(22-44(33)34)35(45)43-19-17-36(18-20-43)23-41-31-16-15-27(21-30(31)36)24-11-13-26(14-12-24)29-8-3-6-25-5-1-2-7-28(25)29/h1-16,21-22,41H,17-20,23H2. The smallest absolute Gasteiger partial charge is 0.384 e. The van der Waals surface area contributed by atoms with Crippen molar-refractivity contribution in [3.05, 3.63) is 126 Å². The van der Waals surface area contributed by atoms with Crippen LogP contribution >= 0.6 is 0 Å². The second kappa shape index (κ2) is 10.2. The summed E-state index contributed by atoms with van der Waals surface area (Å²) in [5, 5.41) is 6.03. The van der Waals surface area contributed by atoms with Crippen molar-refractivity contribution in [2.75, 3.05) is 25.0 Å². The van der Waals surface area contributed by atoms with Crippen molar-refractivity contribution in [1.82, 2.24) is 14.3 Å². The Balaban J connectivity index is 1.02. The Morgan fingerprint density at radius 2 is 1.51 bits per heavy atom. The summed E-state index contributed by atoms with van der Waals surface area (Å²) in [5.74, 6) is -0.340. The number of alkyl halides is 3. The van der Waals surface area contributed by atoms with Crippen LogP contribution in [-0.2, 0) is 11.6 Å². The number of carbonyl (C=O) groups excluding carboxylic acids is 1. The summed E-state index contributed by atoms with van der Waals surface area (Å²) in [6.07, 6.45) is -1.83. The lowest BCUT2D eigenvalue weighted by atomic mass is 9.73. The summed E-state index contributed by atoms with van der Waals surface area (Å²) < 4.78 is 41.4. The minimum atomic E-state index is -4.54. The Morgan fingerprint density at radius 1 is 0.800 bits per heavy atom. The lowest BCUT2D eigenvalue weighted by molar-refractivity contribution is -0.142. The molecule has 4 aromatic carbocycles. The molecule has 2 aromatic heterocycles. The molecule has 224 valence electrons. The molecule has 0 aliphatic carbocycles. The third-order valence-electron chi connectivity index (χ3n) is 9.54. The molecule has 1 saturated heterocycles. The number of hydrogen-bond acceptors (Lipinski definition) is 3. The maximum atomic E-state index is 13.5. The molecule has 45 heavy (non-hydrogen) atoms. The topological polar surface area (TPSA) is 49.6 Å². The predicted octanol–water partition coefficient (Wildman–Crippen LogP) is 8.44. The maximum Gasteiger partial charge on any atom is 0.431 e. The number of carbonyl (C=O) groups is 1. The minimum Gasteiger partial charge on any atom is -0.384 e. The number of nitrogens with zero attached hydrogens (tertiary/aromatic N) is 3. The predicted molar refractivity (Wildman–Crippen MR) is 170 cm³/mol. The Bertz CT molecular complexity index is 2080. The molecule has 5 nitrogen and oxygen atoms in total. The van der Waals surface area contributed by atoms with Gasteiger partial charge in [0.15, 0.2) is 0 Å². The van der Waals surface area contributed by atoms with Gasteiger partial charge in [0.1, 0.15) is 17.0 Å². The van der Waals surface area contributed by atoms with E-state index in [9.17, 15) is 18.0 Å². The molecule has 0 bridgehead atoms. The zero-order chi connectivity index (χ0) is 30.8. The van der Waals surface area contributed by atoms with Gasteiger partial charge in [-0.2, -0.15) is 13.2 Å². The monoisotopic (exact) mass is 602 g/mol. The van der Waals surface area contributed by atoms with Crippen LogP contribution in [0.3, 0.4) is 0 Å². The average molecular weight is 603 g/mol. The third-order valence-corrected chi connectivity index (χ3v) is 9.54. The zero-order valence-electron chi connectivity index (χ0n) is 24.3. The fraction of sp³-hybridized carbons (Fsp3) is 0.189. The lowest BCUT2D eigenvalue weighted by Gasteiger charge is -2.39. The van der Waals surface area contributed by atoms with Crippen LogP contribution in [0.1, 0.15) is 34.6 Å². The molecule has 1 fully saturated rings. The number of amides is 1. The molecule has 1 spiro atoms. The highest BCUT2D eigenvalue weighted by Gasteiger charge is 2.43. The number of halogens is 3. The summed E-state index contributed by atoms with van der Waals surface area (Å²) in [7, 11) is 0. The number of anilines is 1. The maximum absolute atomic E-state index is 13.5. The van der Waals surface area contributed by atoms with Crippen LogP contribution in [0.4, 0.5) is 18.9 Å². The fourth-order valence-corrected chi connectivity index (χ4v) is 7.09. The summed E-state index contributed by atoms with van der Waals surface area (Å²) in [6, 6.07) is 33.9. The number of rotatable bonds is 3. The van der Waals surface area contributed by atoms with Crippen LogP contribution in [0.25, 0.3) is 38.7 Å². The molecule has 1 N–H and O–H groups in total. The highest BCUT2D eigenvalue weighted by atomic mass is 19.4.